The highest BCUT2D eigenvalue weighted by molar-refractivity contribution is 5.96. The second-order valence-corrected chi connectivity index (χ2v) is 12.3. The smallest absolute Gasteiger partial charge is 0.302 e. The van der Waals surface area contributed by atoms with Gasteiger partial charge in [-0.05, 0) is 55.4 Å². The van der Waals surface area contributed by atoms with E-state index in [9.17, 15) is 9.59 Å². The molecule has 6 nitrogen and oxygen atoms in total. The van der Waals surface area contributed by atoms with Crippen LogP contribution in [0, 0.1) is 22.7 Å². The van der Waals surface area contributed by atoms with Crippen LogP contribution in [0.25, 0.3) is 0 Å². The van der Waals surface area contributed by atoms with Crippen LogP contribution in [0.2, 0.25) is 0 Å². The fourth-order valence-corrected chi connectivity index (χ4v) is 8.55. The molecule has 0 aromatic carbocycles. The maximum Gasteiger partial charge on any atom is 0.302 e. The Bertz CT molecular complexity index is 995. The van der Waals surface area contributed by atoms with Crippen LogP contribution in [0.3, 0.4) is 0 Å². The zero-order valence-corrected chi connectivity index (χ0v) is 20.6. The molecule has 4 fully saturated rings. The van der Waals surface area contributed by atoms with E-state index in [4.69, 9.17) is 18.9 Å². The van der Waals surface area contributed by atoms with Crippen molar-refractivity contribution >= 4 is 11.8 Å². The van der Waals surface area contributed by atoms with E-state index in [0.717, 1.165) is 24.0 Å². The maximum atomic E-state index is 12.5. The van der Waals surface area contributed by atoms with E-state index in [0.29, 0.717) is 12.3 Å². The third-order valence-electron chi connectivity index (χ3n) is 10.0. The van der Waals surface area contributed by atoms with Gasteiger partial charge in [-0.3, -0.25) is 9.59 Å². The number of hydrogen-bond acceptors (Lipinski definition) is 6. The second-order valence-electron chi connectivity index (χ2n) is 12.3. The predicted octanol–water partition coefficient (Wildman–Crippen LogP) is 3.92. The quantitative estimate of drug-likeness (QED) is 0.364. The number of carbonyl (C=O) groups excluding carboxylic acids is 2. The van der Waals surface area contributed by atoms with Crippen LogP contribution in [-0.4, -0.2) is 54.0 Å². The third-order valence-corrected chi connectivity index (χ3v) is 10.0. The van der Waals surface area contributed by atoms with Crippen LogP contribution >= 0.6 is 0 Å². The van der Waals surface area contributed by atoms with Crippen LogP contribution < -0.4 is 0 Å². The van der Waals surface area contributed by atoms with Crippen LogP contribution in [0.5, 0.6) is 0 Å². The Kier molecular flexibility index (Phi) is 4.39. The van der Waals surface area contributed by atoms with Gasteiger partial charge < -0.3 is 18.9 Å². The highest BCUT2D eigenvalue weighted by Gasteiger charge is 2.91. The summed E-state index contributed by atoms with van der Waals surface area (Å²) in [7, 11) is 0. The SMILES string of the molecule is CC(=O)OCC1=C[C@H]([C@@]23O[C@]2(C)[C@@H]2O[C@@H]2[C@H]2C(C)(C)CCC[C@@]23C)O[C@@H]2C=C(C)C(=O)C[C@H]12. The van der Waals surface area contributed by atoms with E-state index >= 15 is 0 Å². The molecule has 0 unspecified atom stereocenters. The lowest BCUT2D eigenvalue weighted by atomic mass is 9.45. The van der Waals surface area contributed by atoms with E-state index in [1.807, 2.05) is 13.0 Å². The van der Waals surface area contributed by atoms with Crippen LogP contribution in [0.4, 0.5) is 0 Å². The largest absolute Gasteiger partial charge is 0.461 e. The van der Waals surface area contributed by atoms with Crippen molar-refractivity contribution in [3.8, 4) is 0 Å². The Labute approximate surface area is 196 Å². The van der Waals surface area contributed by atoms with Gasteiger partial charge in [0.05, 0.1) is 12.2 Å². The minimum atomic E-state index is -0.490. The molecule has 2 saturated carbocycles. The lowest BCUT2D eigenvalue weighted by Gasteiger charge is -2.57. The molecule has 0 aromatic rings. The molecule has 3 heterocycles. The van der Waals surface area contributed by atoms with E-state index < -0.39 is 5.60 Å². The molecule has 33 heavy (non-hydrogen) atoms. The summed E-state index contributed by atoms with van der Waals surface area (Å²) < 4.78 is 25.4. The van der Waals surface area contributed by atoms with Crippen molar-refractivity contribution in [2.75, 3.05) is 6.61 Å². The van der Waals surface area contributed by atoms with Crippen LogP contribution in [0.15, 0.2) is 23.3 Å². The Morgan fingerprint density at radius 1 is 1.15 bits per heavy atom. The van der Waals surface area contributed by atoms with Gasteiger partial charge in [0.1, 0.15) is 30.0 Å². The first-order valence-corrected chi connectivity index (χ1v) is 12.5. The van der Waals surface area contributed by atoms with E-state index in [2.05, 4.69) is 33.8 Å². The summed E-state index contributed by atoms with van der Waals surface area (Å²) in [5.41, 5.74) is 0.922. The topological polar surface area (TPSA) is 77.7 Å². The Balaban J connectivity index is 1.44. The lowest BCUT2D eigenvalue weighted by molar-refractivity contribution is -0.143. The van der Waals surface area contributed by atoms with Crippen molar-refractivity contribution in [1.29, 1.82) is 0 Å². The second kappa shape index (κ2) is 6.58. The van der Waals surface area contributed by atoms with Gasteiger partial charge in [0.15, 0.2) is 5.78 Å². The Morgan fingerprint density at radius 2 is 1.91 bits per heavy atom. The maximum absolute atomic E-state index is 12.5. The zero-order chi connectivity index (χ0) is 23.6. The molecule has 180 valence electrons. The summed E-state index contributed by atoms with van der Waals surface area (Å²) >= 11 is 0. The van der Waals surface area contributed by atoms with Gasteiger partial charge in [-0.1, -0.05) is 27.2 Å². The number of esters is 1. The summed E-state index contributed by atoms with van der Waals surface area (Å²) in [5.74, 6) is 0.114. The van der Waals surface area contributed by atoms with Crippen molar-refractivity contribution in [1.82, 2.24) is 0 Å². The molecule has 6 heteroatoms. The molecule has 0 aromatic heterocycles. The highest BCUT2D eigenvalue weighted by atomic mass is 16.7. The molecular weight excluding hydrogens is 420 g/mol. The van der Waals surface area contributed by atoms with Crippen LogP contribution in [0.1, 0.15) is 67.2 Å². The molecule has 6 aliphatic rings. The minimum Gasteiger partial charge on any atom is -0.461 e. The van der Waals surface area contributed by atoms with Gasteiger partial charge in [0.2, 0.25) is 0 Å². The zero-order valence-electron chi connectivity index (χ0n) is 20.6. The Hall–Kier alpha value is -1.50. The summed E-state index contributed by atoms with van der Waals surface area (Å²) in [4.78, 5) is 24.1. The molecule has 3 aliphatic heterocycles. The van der Waals surface area contributed by atoms with Gasteiger partial charge in [-0.25, -0.2) is 0 Å². The number of hydrogen-bond donors (Lipinski definition) is 0. The molecule has 2 saturated heterocycles. The first-order valence-electron chi connectivity index (χ1n) is 12.5. The summed E-state index contributed by atoms with van der Waals surface area (Å²) in [6, 6.07) is 0. The van der Waals surface area contributed by atoms with E-state index in [1.165, 1.54) is 13.3 Å². The normalized spacial score (nSPS) is 51.2. The first-order chi connectivity index (χ1) is 15.4. The van der Waals surface area contributed by atoms with Crippen molar-refractivity contribution in [2.45, 2.75) is 103 Å². The van der Waals surface area contributed by atoms with Gasteiger partial charge in [-0.2, -0.15) is 0 Å². The number of carbonyl (C=O) groups is 2. The average molecular weight is 457 g/mol. The average Bonchev–Trinajstić information content (AvgIpc) is 3.61. The fourth-order valence-electron chi connectivity index (χ4n) is 8.55. The summed E-state index contributed by atoms with van der Waals surface area (Å²) in [6.07, 6.45) is 7.77. The molecule has 0 amide bonds. The summed E-state index contributed by atoms with van der Waals surface area (Å²) in [6.45, 7) is 12.8. The number of Topliss-reactive ketones (excluding diaryl/α,β-unsaturated/α-hetero) is 1. The molecule has 0 N–H and O–H groups in total. The number of ether oxygens (including phenoxy) is 4. The third kappa shape index (κ3) is 2.72. The number of rotatable bonds is 3. The van der Waals surface area contributed by atoms with Gasteiger partial charge >= 0.3 is 5.97 Å². The van der Waals surface area contributed by atoms with Crippen molar-refractivity contribution in [3.63, 3.8) is 0 Å². The number of ketones is 1. The van der Waals surface area contributed by atoms with Gasteiger partial charge in [0.25, 0.3) is 0 Å². The molecule has 3 aliphatic carbocycles. The molecule has 0 spiro atoms. The van der Waals surface area contributed by atoms with Gasteiger partial charge in [0, 0.05) is 30.6 Å². The standard InChI is InChI=1S/C27H36O6/c1-14-10-19-17(12-18(14)29)16(13-30-15(2)28)11-20(31-19)27-25(5)9-7-8-24(3,4)22(25)21-23(32-21)26(27,6)33-27/h10-11,17,19-23H,7-9,12-13H2,1-6H3/t17-,19-,20-,21-,22+,23-,25+,26-,27+/m1/s1. The van der Waals surface area contributed by atoms with E-state index in [1.54, 1.807) is 0 Å². The number of epoxide rings is 2. The van der Waals surface area contributed by atoms with Crippen molar-refractivity contribution in [2.24, 2.45) is 22.7 Å². The Morgan fingerprint density at radius 3 is 2.64 bits per heavy atom. The minimum absolute atomic E-state index is 0.0923. The predicted molar refractivity (Wildman–Crippen MR) is 120 cm³/mol. The van der Waals surface area contributed by atoms with Gasteiger partial charge in [-0.15, -0.1) is 0 Å². The summed E-state index contributed by atoms with van der Waals surface area (Å²) in [5, 5.41) is 0. The molecule has 0 radical (unpaired) electrons. The molecular formula is C27H36O6. The monoisotopic (exact) mass is 456 g/mol. The van der Waals surface area contributed by atoms with Crippen LogP contribution in [-0.2, 0) is 28.5 Å². The van der Waals surface area contributed by atoms with E-state index in [-0.39, 0.29) is 65.1 Å². The lowest BCUT2D eigenvalue weighted by Crippen LogP contribution is -2.64. The van der Waals surface area contributed by atoms with Crippen molar-refractivity contribution in [3.05, 3.63) is 23.3 Å². The number of fused-ring (bicyclic) bond motifs is 7. The molecule has 9 atom stereocenters. The number of allylic oxidation sites excluding steroid dienone is 1. The first kappa shape index (κ1) is 22.0. The molecule has 6 rings (SSSR count). The molecule has 0 bridgehead atoms. The fraction of sp³-hybridized carbons (Fsp3) is 0.778. The highest BCUT2D eigenvalue weighted by Crippen LogP contribution is 2.79. The van der Waals surface area contributed by atoms with Crippen molar-refractivity contribution < 1.29 is 28.5 Å².